The number of aromatic nitrogens is 1. The van der Waals surface area contributed by atoms with Gasteiger partial charge in [-0.3, -0.25) is 4.98 Å². The molecule has 84 valence electrons. The molecule has 0 aliphatic rings. The highest BCUT2D eigenvalue weighted by Crippen LogP contribution is 2.15. The minimum absolute atomic E-state index is 0.403. The molecule has 0 aliphatic carbocycles. The van der Waals surface area contributed by atoms with Crippen LogP contribution in [-0.4, -0.2) is 11.0 Å². The summed E-state index contributed by atoms with van der Waals surface area (Å²) in [6.07, 6.45) is 4.88. The Hall–Kier alpha value is -0.890. The number of nitrogens with zero attached hydrogens (tertiary/aromatic N) is 1. The Morgan fingerprint density at radius 3 is 2.27 bits per heavy atom. The van der Waals surface area contributed by atoms with Gasteiger partial charge in [-0.2, -0.15) is 0 Å². The van der Waals surface area contributed by atoms with Gasteiger partial charge >= 0.3 is 0 Å². The van der Waals surface area contributed by atoms with Crippen molar-refractivity contribution < 1.29 is 0 Å². The maximum absolute atomic E-state index is 4.03. The van der Waals surface area contributed by atoms with E-state index in [-0.39, 0.29) is 0 Å². The molecule has 1 rings (SSSR count). The third kappa shape index (κ3) is 3.63. The van der Waals surface area contributed by atoms with Crippen LogP contribution in [0.4, 0.5) is 0 Å². The first-order valence-corrected chi connectivity index (χ1v) is 5.81. The second kappa shape index (κ2) is 5.86. The number of hydrogen-bond donors (Lipinski definition) is 1. The molecule has 2 nitrogen and oxygen atoms in total. The fraction of sp³-hybridized carbons (Fsp3) is 0.615. The minimum Gasteiger partial charge on any atom is -0.307 e. The molecule has 1 N–H and O–H groups in total. The van der Waals surface area contributed by atoms with Crippen molar-refractivity contribution in [3.05, 3.63) is 30.1 Å². The summed E-state index contributed by atoms with van der Waals surface area (Å²) in [7, 11) is 0. The molecule has 0 aliphatic heterocycles. The Kier molecular flexibility index (Phi) is 4.76. The average Bonchev–Trinajstić information content (AvgIpc) is 2.26. The van der Waals surface area contributed by atoms with Crippen LogP contribution in [0, 0.1) is 5.92 Å². The van der Waals surface area contributed by atoms with E-state index in [1.54, 1.807) is 0 Å². The van der Waals surface area contributed by atoms with Crippen LogP contribution in [0.1, 0.15) is 45.7 Å². The fourth-order valence-electron chi connectivity index (χ4n) is 1.85. The molecule has 0 fully saturated rings. The predicted molar refractivity (Wildman–Crippen MR) is 64.7 cm³/mol. The van der Waals surface area contributed by atoms with Gasteiger partial charge in [-0.15, -0.1) is 0 Å². The van der Waals surface area contributed by atoms with Gasteiger partial charge in [0.2, 0.25) is 0 Å². The Morgan fingerprint density at radius 1 is 1.20 bits per heavy atom. The maximum atomic E-state index is 4.03. The summed E-state index contributed by atoms with van der Waals surface area (Å²) in [6, 6.07) is 5.14. The molecule has 0 saturated carbocycles. The second-order valence-corrected chi connectivity index (χ2v) is 4.43. The van der Waals surface area contributed by atoms with Crippen LogP contribution in [-0.2, 0) is 0 Å². The largest absolute Gasteiger partial charge is 0.307 e. The first-order chi connectivity index (χ1) is 7.15. The highest BCUT2D eigenvalue weighted by molar-refractivity contribution is 5.14. The van der Waals surface area contributed by atoms with Gasteiger partial charge < -0.3 is 5.32 Å². The summed E-state index contributed by atoms with van der Waals surface area (Å²) < 4.78 is 0. The van der Waals surface area contributed by atoms with Crippen molar-refractivity contribution in [2.75, 3.05) is 0 Å². The quantitative estimate of drug-likeness (QED) is 0.800. The van der Waals surface area contributed by atoms with Crippen molar-refractivity contribution in [2.45, 2.75) is 46.2 Å². The van der Waals surface area contributed by atoms with Gasteiger partial charge in [-0.25, -0.2) is 0 Å². The molecule has 0 aromatic carbocycles. The zero-order valence-electron chi connectivity index (χ0n) is 10.2. The molecule has 2 atom stereocenters. The van der Waals surface area contributed by atoms with Crippen LogP contribution in [0.25, 0.3) is 0 Å². The van der Waals surface area contributed by atoms with Gasteiger partial charge in [0.25, 0.3) is 0 Å². The smallest absolute Gasteiger partial charge is 0.0295 e. The van der Waals surface area contributed by atoms with E-state index in [2.05, 4.69) is 50.1 Å². The van der Waals surface area contributed by atoms with E-state index in [1.807, 2.05) is 12.4 Å². The summed E-state index contributed by atoms with van der Waals surface area (Å²) in [6.45, 7) is 8.97. The van der Waals surface area contributed by atoms with Crippen molar-refractivity contribution >= 4 is 0 Å². The zero-order valence-corrected chi connectivity index (χ0v) is 10.2. The molecular formula is C13H22N2. The second-order valence-electron chi connectivity index (χ2n) is 4.43. The van der Waals surface area contributed by atoms with Crippen LogP contribution in [0.15, 0.2) is 24.5 Å². The maximum Gasteiger partial charge on any atom is 0.0295 e. The molecule has 0 amide bonds. The van der Waals surface area contributed by atoms with E-state index in [1.165, 1.54) is 12.0 Å². The van der Waals surface area contributed by atoms with E-state index in [0.717, 1.165) is 0 Å². The molecule has 0 radical (unpaired) electrons. The van der Waals surface area contributed by atoms with Gasteiger partial charge in [-0.05, 0) is 37.0 Å². The third-order valence-corrected chi connectivity index (χ3v) is 2.91. The number of rotatable bonds is 5. The zero-order chi connectivity index (χ0) is 11.3. The van der Waals surface area contributed by atoms with Crippen LogP contribution >= 0.6 is 0 Å². The highest BCUT2D eigenvalue weighted by atomic mass is 14.9. The van der Waals surface area contributed by atoms with Crippen molar-refractivity contribution in [3.63, 3.8) is 0 Å². The molecule has 1 aromatic rings. The van der Waals surface area contributed by atoms with E-state index >= 15 is 0 Å². The molecular weight excluding hydrogens is 184 g/mol. The van der Waals surface area contributed by atoms with Crippen molar-refractivity contribution in [1.82, 2.24) is 10.3 Å². The van der Waals surface area contributed by atoms with Gasteiger partial charge in [0.1, 0.15) is 0 Å². The van der Waals surface area contributed by atoms with E-state index in [4.69, 9.17) is 0 Å². The standard InChI is InChI=1S/C13H22N2/c1-5-13(10(2)3)15-11(4)12-6-8-14-9-7-12/h6-11,13,15H,5H2,1-4H3/t11-,13+/m0/s1. The summed E-state index contributed by atoms with van der Waals surface area (Å²) in [5.74, 6) is 0.680. The summed E-state index contributed by atoms with van der Waals surface area (Å²) in [5.41, 5.74) is 1.31. The lowest BCUT2D eigenvalue weighted by Crippen LogP contribution is -2.35. The lowest BCUT2D eigenvalue weighted by Gasteiger charge is -2.25. The van der Waals surface area contributed by atoms with Crippen molar-refractivity contribution in [2.24, 2.45) is 5.92 Å². The highest BCUT2D eigenvalue weighted by Gasteiger charge is 2.14. The monoisotopic (exact) mass is 206 g/mol. The molecule has 15 heavy (non-hydrogen) atoms. The first-order valence-electron chi connectivity index (χ1n) is 5.81. The summed E-state index contributed by atoms with van der Waals surface area (Å²) in [4.78, 5) is 4.03. The first kappa shape index (κ1) is 12.2. The van der Waals surface area contributed by atoms with Crippen molar-refractivity contribution in [3.8, 4) is 0 Å². The number of hydrogen-bond acceptors (Lipinski definition) is 2. The van der Waals surface area contributed by atoms with Crippen LogP contribution in [0.3, 0.4) is 0 Å². The Labute approximate surface area is 93.1 Å². The molecule has 1 aromatic heterocycles. The topological polar surface area (TPSA) is 24.9 Å². The molecule has 0 unspecified atom stereocenters. The lowest BCUT2D eigenvalue weighted by atomic mass is 9.99. The molecule has 2 heteroatoms. The molecule has 1 heterocycles. The van der Waals surface area contributed by atoms with Crippen molar-refractivity contribution in [1.29, 1.82) is 0 Å². The number of nitrogens with one attached hydrogen (secondary N) is 1. The lowest BCUT2D eigenvalue weighted by molar-refractivity contribution is 0.356. The molecule has 0 saturated heterocycles. The Morgan fingerprint density at radius 2 is 1.80 bits per heavy atom. The van der Waals surface area contributed by atoms with Gasteiger partial charge in [-0.1, -0.05) is 20.8 Å². The van der Waals surface area contributed by atoms with E-state index in [9.17, 15) is 0 Å². The Bertz CT molecular complexity index is 269. The Balaban J connectivity index is 2.58. The summed E-state index contributed by atoms with van der Waals surface area (Å²) >= 11 is 0. The van der Waals surface area contributed by atoms with Gasteiger partial charge in [0.05, 0.1) is 0 Å². The predicted octanol–water partition coefficient (Wildman–Crippen LogP) is 3.17. The molecule has 0 bridgehead atoms. The average molecular weight is 206 g/mol. The normalized spacial score (nSPS) is 15.3. The van der Waals surface area contributed by atoms with Crippen LogP contribution in [0.5, 0.6) is 0 Å². The van der Waals surface area contributed by atoms with Crippen LogP contribution < -0.4 is 5.32 Å². The summed E-state index contributed by atoms with van der Waals surface area (Å²) in [5, 5.41) is 3.65. The minimum atomic E-state index is 0.403. The van der Waals surface area contributed by atoms with E-state index in [0.29, 0.717) is 18.0 Å². The number of pyridine rings is 1. The third-order valence-electron chi connectivity index (χ3n) is 2.91. The SMILES string of the molecule is CC[C@@H](N[C@@H](C)c1ccncc1)C(C)C. The van der Waals surface area contributed by atoms with Gasteiger partial charge in [0, 0.05) is 24.5 Å². The fourth-order valence-corrected chi connectivity index (χ4v) is 1.85. The van der Waals surface area contributed by atoms with Gasteiger partial charge in [0.15, 0.2) is 0 Å². The van der Waals surface area contributed by atoms with Crippen LogP contribution in [0.2, 0.25) is 0 Å². The van der Waals surface area contributed by atoms with E-state index < -0.39 is 0 Å². The molecule has 0 spiro atoms.